The fraction of sp³-hybridized carbons (Fsp3) is 0. The molecule has 0 aliphatic rings. The molecule has 8 heteroatoms. The maximum atomic E-state index is 10.7. The monoisotopic (exact) mass is 255 g/mol. The first-order chi connectivity index (χ1) is 6.43. The fourth-order valence-corrected chi connectivity index (χ4v) is 1.88. The fourth-order valence-electron chi connectivity index (χ4n) is 0.792. The third-order valence-corrected chi connectivity index (χ3v) is 2.83. The molecule has 0 bridgehead atoms. The maximum absolute atomic E-state index is 10.7. The second-order valence-corrected chi connectivity index (χ2v) is 3.99. The Hall–Kier alpha value is -0.690. The van der Waals surface area contributed by atoms with E-state index in [1.54, 1.807) is 0 Å². The van der Waals surface area contributed by atoms with E-state index in [2.05, 4.69) is 0 Å². The molecule has 0 aromatic heterocycles. The van der Waals surface area contributed by atoms with Gasteiger partial charge in [0.25, 0.3) is 5.69 Å². The average Bonchev–Trinajstić information content (AvgIpc) is 2.02. The van der Waals surface area contributed by atoms with Crippen molar-refractivity contribution in [1.82, 2.24) is 0 Å². The number of rotatable bonds is 2. The molecule has 14 heavy (non-hydrogen) atoms. The Bertz CT molecular complexity index is 387. The molecule has 0 saturated heterocycles. The van der Waals surface area contributed by atoms with Crippen molar-refractivity contribution in [2.45, 2.75) is 4.90 Å². The molecule has 0 aliphatic heterocycles. The molecule has 1 aromatic rings. The van der Waals surface area contributed by atoms with Gasteiger partial charge in [0.1, 0.15) is 5.02 Å². The number of nitro groups is 1. The first-order valence-electron chi connectivity index (χ1n) is 3.17. The number of hydrogen-bond donors (Lipinski definition) is 1. The summed E-state index contributed by atoms with van der Waals surface area (Å²) in [6.07, 6.45) is 0. The van der Waals surface area contributed by atoms with Crippen LogP contribution in [0.1, 0.15) is 0 Å². The van der Waals surface area contributed by atoms with E-state index in [-0.39, 0.29) is 14.9 Å². The molecule has 0 aliphatic carbocycles. The summed E-state index contributed by atoms with van der Waals surface area (Å²) in [4.78, 5) is 9.42. The molecule has 5 nitrogen and oxygen atoms in total. The minimum atomic E-state index is -2.37. The Kier molecular flexibility index (Phi) is 3.43. The predicted molar refractivity (Wildman–Crippen MR) is 52.2 cm³/mol. The van der Waals surface area contributed by atoms with Gasteiger partial charge in [0.15, 0.2) is 11.1 Å². The van der Waals surface area contributed by atoms with Crippen LogP contribution in [-0.4, -0.2) is 13.7 Å². The van der Waals surface area contributed by atoms with Crippen LogP contribution < -0.4 is 0 Å². The zero-order chi connectivity index (χ0) is 10.9. The summed E-state index contributed by atoms with van der Waals surface area (Å²) in [5, 5.41) is 10.2. The highest BCUT2D eigenvalue weighted by molar-refractivity contribution is 7.79. The van der Waals surface area contributed by atoms with Crippen molar-refractivity contribution >= 4 is 40.0 Å². The Labute approximate surface area is 91.1 Å². The van der Waals surface area contributed by atoms with E-state index in [0.717, 1.165) is 12.1 Å². The van der Waals surface area contributed by atoms with E-state index < -0.39 is 21.7 Å². The predicted octanol–water partition coefficient (Wildman–Crippen LogP) is 2.48. The topological polar surface area (TPSA) is 80.4 Å². The summed E-state index contributed by atoms with van der Waals surface area (Å²) in [7, 11) is 0. The summed E-state index contributed by atoms with van der Waals surface area (Å²) >= 11 is 8.66. The van der Waals surface area contributed by atoms with Crippen LogP contribution in [-0.2, 0) is 11.1 Å². The van der Waals surface area contributed by atoms with Crippen LogP contribution in [0.2, 0.25) is 10.0 Å². The van der Waals surface area contributed by atoms with Gasteiger partial charge in [-0.3, -0.25) is 10.1 Å². The van der Waals surface area contributed by atoms with Gasteiger partial charge in [0.2, 0.25) is 0 Å². The molecule has 1 aromatic carbocycles. The van der Waals surface area contributed by atoms with Crippen molar-refractivity contribution in [1.29, 1.82) is 0 Å². The molecule has 1 atom stereocenters. The van der Waals surface area contributed by atoms with Gasteiger partial charge >= 0.3 is 0 Å². The van der Waals surface area contributed by atoms with Crippen LogP contribution in [0.5, 0.6) is 0 Å². The quantitative estimate of drug-likeness (QED) is 0.500. The normalized spacial score (nSPS) is 12.5. The molecule has 76 valence electrons. The second-order valence-electron chi connectivity index (χ2n) is 2.24. The van der Waals surface area contributed by atoms with Crippen molar-refractivity contribution in [3.05, 3.63) is 32.3 Å². The van der Waals surface area contributed by atoms with E-state index in [4.69, 9.17) is 27.8 Å². The second kappa shape index (κ2) is 4.22. The lowest BCUT2D eigenvalue weighted by molar-refractivity contribution is -0.384. The van der Waals surface area contributed by atoms with Gasteiger partial charge in [-0.1, -0.05) is 23.2 Å². The van der Waals surface area contributed by atoms with E-state index in [9.17, 15) is 14.3 Å². The van der Waals surface area contributed by atoms with Crippen LogP contribution in [0.3, 0.4) is 0 Å². The van der Waals surface area contributed by atoms with Gasteiger partial charge in [0, 0.05) is 6.07 Å². The third kappa shape index (κ3) is 2.21. The van der Waals surface area contributed by atoms with Gasteiger partial charge in [-0.15, -0.1) is 0 Å². The van der Waals surface area contributed by atoms with Gasteiger partial charge in [-0.2, -0.15) is 0 Å². The summed E-state index contributed by atoms with van der Waals surface area (Å²) < 4.78 is 19.4. The van der Waals surface area contributed by atoms with Crippen LogP contribution >= 0.6 is 23.2 Å². The molecule has 1 unspecified atom stereocenters. The number of nitro benzene ring substituents is 1. The zero-order valence-corrected chi connectivity index (χ0v) is 8.77. The number of nitrogens with zero attached hydrogens (tertiary/aromatic N) is 1. The zero-order valence-electron chi connectivity index (χ0n) is 6.44. The van der Waals surface area contributed by atoms with Crippen molar-refractivity contribution in [2.24, 2.45) is 0 Å². The van der Waals surface area contributed by atoms with Crippen LogP contribution in [0.25, 0.3) is 0 Å². The number of hydrogen-bond acceptors (Lipinski definition) is 3. The highest BCUT2D eigenvalue weighted by Gasteiger charge is 2.18. The van der Waals surface area contributed by atoms with Crippen molar-refractivity contribution in [3.63, 3.8) is 0 Å². The molecule has 1 N–H and O–H groups in total. The molecule has 0 heterocycles. The summed E-state index contributed by atoms with van der Waals surface area (Å²) in [6, 6.07) is 1.94. The van der Waals surface area contributed by atoms with E-state index in [0.29, 0.717) is 0 Å². The molecule has 0 amide bonds. The smallest absolute Gasteiger partial charge is 0.289 e. The Morgan fingerprint density at radius 1 is 1.36 bits per heavy atom. The Balaban J connectivity index is 3.42. The van der Waals surface area contributed by atoms with Gasteiger partial charge in [0.05, 0.1) is 14.8 Å². The lowest BCUT2D eigenvalue weighted by Crippen LogP contribution is -1.95. The highest BCUT2D eigenvalue weighted by Crippen LogP contribution is 2.31. The molecule has 0 saturated carbocycles. The van der Waals surface area contributed by atoms with Crippen molar-refractivity contribution in [2.75, 3.05) is 0 Å². The van der Waals surface area contributed by atoms with Crippen LogP contribution in [0.15, 0.2) is 17.0 Å². The van der Waals surface area contributed by atoms with Gasteiger partial charge < -0.3 is 4.55 Å². The third-order valence-electron chi connectivity index (χ3n) is 1.39. The minimum Gasteiger partial charge on any atom is -0.302 e. The van der Waals surface area contributed by atoms with E-state index >= 15 is 0 Å². The lowest BCUT2D eigenvalue weighted by atomic mass is 10.3. The van der Waals surface area contributed by atoms with Crippen molar-refractivity contribution < 1.29 is 13.7 Å². The summed E-state index contributed by atoms with van der Waals surface area (Å²) in [5.41, 5.74) is -0.450. The number of halogens is 2. The molecule has 0 fully saturated rings. The minimum absolute atomic E-state index is 0.0820. The lowest BCUT2D eigenvalue weighted by Gasteiger charge is -2.00. The largest absolute Gasteiger partial charge is 0.302 e. The SMILES string of the molecule is O=[N+]([O-])c1cc(S(=O)O)c(Cl)cc1Cl. The standard InChI is InChI=1S/C6H3Cl2NO4S/c7-3-1-4(8)6(14(12)13)2-5(3)9(10)11/h1-2H,(H,12,13). The molecular weight excluding hydrogens is 253 g/mol. The molecule has 0 spiro atoms. The molecular formula is C6H3Cl2NO4S. The first kappa shape index (κ1) is 11.4. The van der Waals surface area contributed by atoms with E-state index in [1.165, 1.54) is 0 Å². The Morgan fingerprint density at radius 3 is 2.36 bits per heavy atom. The molecule has 1 rings (SSSR count). The average molecular weight is 256 g/mol. The van der Waals surface area contributed by atoms with Crippen molar-refractivity contribution in [3.8, 4) is 0 Å². The summed E-state index contributed by atoms with van der Waals surface area (Å²) in [5.74, 6) is 0. The summed E-state index contributed by atoms with van der Waals surface area (Å²) in [6.45, 7) is 0. The van der Waals surface area contributed by atoms with Crippen LogP contribution in [0, 0.1) is 10.1 Å². The first-order valence-corrected chi connectivity index (χ1v) is 5.04. The number of benzene rings is 1. The van der Waals surface area contributed by atoms with Gasteiger partial charge in [-0.25, -0.2) is 4.21 Å². The van der Waals surface area contributed by atoms with Crippen LogP contribution in [0.4, 0.5) is 5.69 Å². The Morgan fingerprint density at radius 2 is 1.93 bits per heavy atom. The molecule has 0 radical (unpaired) electrons. The highest BCUT2D eigenvalue weighted by atomic mass is 35.5. The van der Waals surface area contributed by atoms with E-state index in [1.807, 2.05) is 0 Å². The van der Waals surface area contributed by atoms with Gasteiger partial charge in [-0.05, 0) is 6.07 Å². The maximum Gasteiger partial charge on any atom is 0.289 e.